The van der Waals surface area contributed by atoms with E-state index in [1.54, 1.807) is 24.7 Å². The largest absolute Gasteiger partial charge is 0.507 e. The number of ether oxygens (including phenoxy) is 1. The summed E-state index contributed by atoms with van der Waals surface area (Å²) in [7, 11) is 0. The Bertz CT molecular complexity index is 1250. The second kappa shape index (κ2) is 9.72. The van der Waals surface area contributed by atoms with Crippen molar-refractivity contribution in [3.05, 3.63) is 84.4 Å². The quantitative estimate of drug-likeness (QED) is 0.460. The van der Waals surface area contributed by atoms with Crippen LogP contribution in [-0.2, 0) is 11.3 Å². The van der Waals surface area contributed by atoms with Gasteiger partial charge in [0.2, 0.25) is 0 Å². The average molecular weight is 457 g/mol. The molecule has 2 N–H and O–H groups in total. The number of hydrogen-bond donors (Lipinski definition) is 2. The van der Waals surface area contributed by atoms with E-state index in [2.05, 4.69) is 49.5 Å². The highest BCUT2D eigenvalue weighted by atomic mass is 16.5. The molecule has 1 saturated heterocycles. The molecule has 5 rings (SSSR count). The van der Waals surface area contributed by atoms with E-state index in [-0.39, 0.29) is 17.9 Å². The van der Waals surface area contributed by atoms with Crippen molar-refractivity contribution in [1.82, 2.24) is 25.1 Å². The molecule has 0 atom stereocenters. The maximum atomic E-state index is 12.5. The van der Waals surface area contributed by atoms with Crippen LogP contribution in [0.1, 0.15) is 15.9 Å². The Labute approximate surface area is 196 Å². The lowest BCUT2D eigenvalue weighted by atomic mass is 10.1. The Morgan fingerprint density at radius 3 is 2.56 bits per heavy atom. The van der Waals surface area contributed by atoms with Gasteiger partial charge >= 0.3 is 0 Å². The van der Waals surface area contributed by atoms with Gasteiger partial charge in [-0.2, -0.15) is 5.10 Å². The van der Waals surface area contributed by atoms with Crippen molar-refractivity contribution in [3.8, 4) is 22.8 Å². The molecule has 0 spiro atoms. The molecule has 172 valence electrons. The molecule has 1 aromatic carbocycles. The minimum Gasteiger partial charge on any atom is -0.507 e. The first-order valence-corrected chi connectivity index (χ1v) is 11.0. The standard InChI is InChI=1S/C25H24N6O3/c32-23-14-24(31-9-1-8-29-31)27-17-21(23)25(33)28-16-18-2-7-22(26-15-18)19-3-5-20(6-4-19)30-10-12-34-13-11-30/h1-9,14-15,17H,10-13,16H2,(H,27,32)(H,28,33). The van der Waals surface area contributed by atoms with Gasteiger partial charge < -0.3 is 20.1 Å². The predicted molar refractivity (Wildman–Crippen MR) is 127 cm³/mol. The Balaban J connectivity index is 1.19. The maximum absolute atomic E-state index is 12.5. The molecule has 4 aromatic rings. The van der Waals surface area contributed by atoms with Crippen LogP contribution in [0.2, 0.25) is 0 Å². The van der Waals surface area contributed by atoms with Crippen LogP contribution in [0.25, 0.3) is 17.1 Å². The van der Waals surface area contributed by atoms with Crippen molar-refractivity contribution >= 4 is 11.6 Å². The van der Waals surface area contributed by atoms with E-state index in [0.717, 1.165) is 43.1 Å². The number of benzene rings is 1. The normalized spacial score (nSPS) is 13.6. The summed E-state index contributed by atoms with van der Waals surface area (Å²) >= 11 is 0. The number of hydrogen-bond acceptors (Lipinski definition) is 7. The van der Waals surface area contributed by atoms with Crippen molar-refractivity contribution in [3.63, 3.8) is 0 Å². The molecule has 0 saturated carbocycles. The van der Waals surface area contributed by atoms with Gasteiger partial charge in [0.1, 0.15) is 5.75 Å². The highest BCUT2D eigenvalue weighted by Crippen LogP contribution is 2.23. The zero-order valence-corrected chi connectivity index (χ0v) is 18.5. The molecular formula is C25H24N6O3. The molecule has 9 nitrogen and oxygen atoms in total. The van der Waals surface area contributed by atoms with Crippen LogP contribution in [0.3, 0.4) is 0 Å². The number of aromatic hydroxyl groups is 1. The molecule has 0 radical (unpaired) electrons. The number of morpholine rings is 1. The molecule has 0 unspecified atom stereocenters. The van der Waals surface area contributed by atoms with Gasteiger partial charge in [-0.1, -0.05) is 18.2 Å². The highest BCUT2D eigenvalue weighted by Gasteiger charge is 2.14. The third-order valence-corrected chi connectivity index (χ3v) is 5.67. The highest BCUT2D eigenvalue weighted by molar-refractivity contribution is 5.96. The van der Waals surface area contributed by atoms with Crippen molar-refractivity contribution in [2.75, 3.05) is 31.2 Å². The Morgan fingerprint density at radius 2 is 1.88 bits per heavy atom. The maximum Gasteiger partial charge on any atom is 0.256 e. The zero-order valence-electron chi connectivity index (χ0n) is 18.5. The van der Waals surface area contributed by atoms with E-state index in [9.17, 15) is 9.90 Å². The minimum atomic E-state index is -0.417. The number of rotatable bonds is 6. The fourth-order valence-corrected chi connectivity index (χ4v) is 3.78. The molecule has 1 aliphatic rings. The van der Waals surface area contributed by atoms with Crippen LogP contribution < -0.4 is 10.2 Å². The molecular weight excluding hydrogens is 432 g/mol. The Hall–Kier alpha value is -4.24. The average Bonchev–Trinajstić information content (AvgIpc) is 3.43. The number of carbonyl (C=O) groups excluding carboxylic acids is 1. The number of amides is 1. The summed E-state index contributed by atoms with van der Waals surface area (Å²) in [6.07, 6.45) is 6.39. The van der Waals surface area contributed by atoms with Crippen LogP contribution in [0, 0.1) is 0 Å². The van der Waals surface area contributed by atoms with E-state index in [4.69, 9.17) is 4.74 Å². The number of nitrogens with one attached hydrogen (secondary N) is 1. The van der Waals surface area contributed by atoms with Crippen LogP contribution >= 0.6 is 0 Å². The van der Waals surface area contributed by atoms with E-state index in [0.29, 0.717) is 5.82 Å². The van der Waals surface area contributed by atoms with Gasteiger partial charge in [-0.05, 0) is 29.8 Å². The van der Waals surface area contributed by atoms with Gasteiger partial charge in [-0.25, -0.2) is 9.67 Å². The molecule has 3 aromatic heterocycles. The molecule has 1 aliphatic heterocycles. The van der Waals surface area contributed by atoms with Crippen LogP contribution in [0.4, 0.5) is 5.69 Å². The molecule has 1 fully saturated rings. The van der Waals surface area contributed by atoms with Gasteiger partial charge in [0, 0.05) is 61.7 Å². The lowest BCUT2D eigenvalue weighted by Crippen LogP contribution is -2.36. The van der Waals surface area contributed by atoms with E-state index >= 15 is 0 Å². The molecule has 9 heteroatoms. The summed E-state index contributed by atoms with van der Waals surface area (Å²) in [5, 5.41) is 17.1. The molecule has 34 heavy (non-hydrogen) atoms. The van der Waals surface area contributed by atoms with E-state index in [1.807, 2.05) is 12.1 Å². The summed E-state index contributed by atoms with van der Waals surface area (Å²) in [5.74, 6) is -0.149. The summed E-state index contributed by atoms with van der Waals surface area (Å²) in [6.45, 7) is 3.60. The van der Waals surface area contributed by atoms with Crippen LogP contribution in [-0.4, -0.2) is 57.1 Å². The van der Waals surface area contributed by atoms with Gasteiger partial charge in [-0.3, -0.25) is 9.78 Å². The first kappa shape index (κ1) is 21.6. The third kappa shape index (κ3) is 4.74. The SMILES string of the molecule is O=C(NCc1ccc(-c2ccc(N3CCOCC3)cc2)nc1)c1cnc(-n2cccn2)cc1O. The number of aromatic nitrogens is 4. The van der Waals surface area contributed by atoms with Gasteiger partial charge in [0.05, 0.1) is 24.5 Å². The molecule has 4 heterocycles. The van der Waals surface area contributed by atoms with Crippen molar-refractivity contribution in [2.24, 2.45) is 0 Å². The summed E-state index contributed by atoms with van der Waals surface area (Å²) in [6, 6.07) is 15.4. The first-order chi connectivity index (χ1) is 16.7. The number of anilines is 1. The van der Waals surface area contributed by atoms with Crippen molar-refractivity contribution in [1.29, 1.82) is 0 Å². The zero-order chi connectivity index (χ0) is 23.3. The Kier molecular flexibility index (Phi) is 6.17. The lowest BCUT2D eigenvalue weighted by Gasteiger charge is -2.28. The fourth-order valence-electron chi connectivity index (χ4n) is 3.78. The van der Waals surface area contributed by atoms with Crippen molar-refractivity contribution < 1.29 is 14.6 Å². The molecule has 1 amide bonds. The first-order valence-electron chi connectivity index (χ1n) is 11.0. The number of carbonyl (C=O) groups is 1. The minimum absolute atomic E-state index is 0.0980. The number of nitrogens with zero attached hydrogens (tertiary/aromatic N) is 5. The van der Waals surface area contributed by atoms with Crippen LogP contribution in [0.5, 0.6) is 5.75 Å². The summed E-state index contributed by atoms with van der Waals surface area (Å²) in [5.41, 5.74) is 4.02. The summed E-state index contributed by atoms with van der Waals surface area (Å²) < 4.78 is 6.92. The topological polar surface area (TPSA) is 105 Å². The second-order valence-corrected chi connectivity index (χ2v) is 7.89. The van der Waals surface area contributed by atoms with E-state index < -0.39 is 5.91 Å². The van der Waals surface area contributed by atoms with E-state index in [1.165, 1.54) is 22.6 Å². The van der Waals surface area contributed by atoms with Crippen LogP contribution in [0.15, 0.2) is 73.3 Å². The van der Waals surface area contributed by atoms with Gasteiger partial charge in [0.15, 0.2) is 5.82 Å². The monoisotopic (exact) mass is 456 g/mol. The number of pyridine rings is 2. The second-order valence-electron chi connectivity index (χ2n) is 7.89. The molecule has 0 bridgehead atoms. The van der Waals surface area contributed by atoms with Gasteiger partial charge in [-0.15, -0.1) is 0 Å². The van der Waals surface area contributed by atoms with Crippen molar-refractivity contribution in [2.45, 2.75) is 6.54 Å². The fraction of sp³-hybridized carbons (Fsp3) is 0.200. The molecule has 0 aliphatic carbocycles. The lowest BCUT2D eigenvalue weighted by molar-refractivity contribution is 0.0948. The summed E-state index contributed by atoms with van der Waals surface area (Å²) in [4.78, 5) is 23.6. The predicted octanol–water partition coefficient (Wildman–Crippen LogP) is 2.80. The third-order valence-electron chi connectivity index (χ3n) is 5.67. The van der Waals surface area contributed by atoms with Gasteiger partial charge in [0.25, 0.3) is 5.91 Å². The Morgan fingerprint density at radius 1 is 1.06 bits per heavy atom. The smallest absolute Gasteiger partial charge is 0.256 e.